The standard InChI is InChI=1S/C16H22Cl2N2O/c1-16(2,3)15(21)20-9-7-19(8-10-20)11-12-5-4-6-13(17)14(12)18/h4-6H,7-11H2,1-3H3. The van der Waals surface area contributed by atoms with Crippen molar-refractivity contribution in [3.63, 3.8) is 0 Å². The highest BCUT2D eigenvalue weighted by molar-refractivity contribution is 6.42. The molecule has 1 aliphatic rings. The van der Waals surface area contributed by atoms with Crippen molar-refractivity contribution in [3.05, 3.63) is 33.8 Å². The number of benzene rings is 1. The number of piperazine rings is 1. The van der Waals surface area contributed by atoms with Gasteiger partial charge in [-0.15, -0.1) is 0 Å². The molecule has 1 aliphatic heterocycles. The van der Waals surface area contributed by atoms with Gasteiger partial charge in [-0.1, -0.05) is 56.1 Å². The highest BCUT2D eigenvalue weighted by atomic mass is 35.5. The van der Waals surface area contributed by atoms with Crippen molar-refractivity contribution in [1.29, 1.82) is 0 Å². The van der Waals surface area contributed by atoms with Crippen molar-refractivity contribution in [3.8, 4) is 0 Å². The molecule has 1 saturated heterocycles. The van der Waals surface area contributed by atoms with E-state index in [1.807, 2.05) is 37.8 Å². The molecule has 0 aromatic heterocycles. The zero-order valence-electron chi connectivity index (χ0n) is 12.8. The third kappa shape index (κ3) is 4.12. The summed E-state index contributed by atoms with van der Waals surface area (Å²) >= 11 is 12.3. The molecule has 1 fully saturated rings. The Bertz CT molecular complexity index is 517. The van der Waals surface area contributed by atoms with E-state index < -0.39 is 0 Å². The molecule has 0 unspecified atom stereocenters. The van der Waals surface area contributed by atoms with Crippen LogP contribution in [0.15, 0.2) is 18.2 Å². The summed E-state index contributed by atoms with van der Waals surface area (Å²) in [6, 6.07) is 5.72. The Hall–Kier alpha value is -0.770. The van der Waals surface area contributed by atoms with Crippen LogP contribution in [0.5, 0.6) is 0 Å². The first-order valence-electron chi connectivity index (χ1n) is 7.23. The van der Waals surface area contributed by atoms with E-state index in [1.165, 1.54) is 0 Å². The highest BCUT2D eigenvalue weighted by Gasteiger charge is 2.29. The van der Waals surface area contributed by atoms with E-state index in [-0.39, 0.29) is 11.3 Å². The van der Waals surface area contributed by atoms with Crippen LogP contribution in [-0.2, 0) is 11.3 Å². The van der Waals surface area contributed by atoms with Crippen LogP contribution in [0.2, 0.25) is 10.0 Å². The smallest absolute Gasteiger partial charge is 0.228 e. The van der Waals surface area contributed by atoms with Crippen molar-refractivity contribution in [2.75, 3.05) is 26.2 Å². The molecule has 116 valence electrons. The van der Waals surface area contributed by atoms with Crippen LogP contribution in [0.1, 0.15) is 26.3 Å². The SMILES string of the molecule is CC(C)(C)C(=O)N1CCN(Cc2cccc(Cl)c2Cl)CC1. The Balaban J connectivity index is 1.93. The molecule has 0 saturated carbocycles. The van der Waals surface area contributed by atoms with Gasteiger partial charge in [0.1, 0.15) is 0 Å². The number of amides is 1. The van der Waals surface area contributed by atoms with Crippen molar-refractivity contribution >= 4 is 29.1 Å². The number of hydrogen-bond donors (Lipinski definition) is 0. The second-order valence-electron chi connectivity index (χ2n) is 6.53. The van der Waals surface area contributed by atoms with Crippen molar-refractivity contribution in [2.24, 2.45) is 5.41 Å². The summed E-state index contributed by atoms with van der Waals surface area (Å²) in [7, 11) is 0. The number of rotatable bonds is 2. The van der Waals surface area contributed by atoms with E-state index in [2.05, 4.69) is 4.90 Å². The van der Waals surface area contributed by atoms with E-state index in [0.717, 1.165) is 38.3 Å². The summed E-state index contributed by atoms with van der Waals surface area (Å²) in [6.45, 7) is 9.95. The Morgan fingerprint density at radius 2 is 1.76 bits per heavy atom. The first-order valence-corrected chi connectivity index (χ1v) is 7.99. The average molecular weight is 329 g/mol. The average Bonchev–Trinajstić information content (AvgIpc) is 2.43. The zero-order chi connectivity index (χ0) is 15.6. The number of halogens is 2. The summed E-state index contributed by atoms with van der Waals surface area (Å²) in [6.07, 6.45) is 0. The summed E-state index contributed by atoms with van der Waals surface area (Å²) in [5, 5.41) is 1.23. The van der Waals surface area contributed by atoms with Gasteiger partial charge < -0.3 is 4.90 Å². The molecule has 0 N–H and O–H groups in total. The fraction of sp³-hybridized carbons (Fsp3) is 0.562. The molecule has 2 rings (SSSR count). The highest BCUT2D eigenvalue weighted by Crippen LogP contribution is 2.27. The Morgan fingerprint density at radius 1 is 1.14 bits per heavy atom. The fourth-order valence-corrected chi connectivity index (χ4v) is 2.87. The van der Waals surface area contributed by atoms with Gasteiger partial charge in [0.15, 0.2) is 0 Å². The van der Waals surface area contributed by atoms with Crippen LogP contribution in [0.25, 0.3) is 0 Å². The normalized spacial score (nSPS) is 17.1. The molecule has 0 spiro atoms. The molecule has 0 radical (unpaired) electrons. The maximum absolute atomic E-state index is 12.3. The van der Waals surface area contributed by atoms with E-state index in [9.17, 15) is 4.79 Å². The second kappa shape index (κ2) is 6.55. The van der Waals surface area contributed by atoms with Crippen LogP contribution >= 0.6 is 23.2 Å². The van der Waals surface area contributed by atoms with Gasteiger partial charge in [0.25, 0.3) is 0 Å². The Labute approximate surface area is 136 Å². The van der Waals surface area contributed by atoms with Crippen molar-refractivity contribution < 1.29 is 4.79 Å². The number of hydrogen-bond acceptors (Lipinski definition) is 2. The van der Waals surface area contributed by atoms with Gasteiger partial charge in [-0.05, 0) is 11.6 Å². The minimum absolute atomic E-state index is 0.225. The Kier molecular flexibility index (Phi) is 5.18. The third-order valence-corrected chi connectivity index (χ3v) is 4.58. The second-order valence-corrected chi connectivity index (χ2v) is 7.32. The topological polar surface area (TPSA) is 23.6 Å². The van der Waals surface area contributed by atoms with E-state index >= 15 is 0 Å². The lowest BCUT2D eigenvalue weighted by Gasteiger charge is -2.37. The quantitative estimate of drug-likeness (QED) is 0.826. The molecule has 1 aromatic rings. The van der Waals surface area contributed by atoms with Crippen LogP contribution in [0, 0.1) is 5.41 Å². The van der Waals surface area contributed by atoms with E-state index in [0.29, 0.717) is 10.0 Å². The minimum Gasteiger partial charge on any atom is -0.340 e. The van der Waals surface area contributed by atoms with Crippen LogP contribution in [-0.4, -0.2) is 41.9 Å². The largest absolute Gasteiger partial charge is 0.340 e. The summed E-state index contributed by atoms with van der Waals surface area (Å²) in [4.78, 5) is 16.5. The zero-order valence-corrected chi connectivity index (χ0v) is 14.3. The molecule has 0 aliphatic carbocycles. The Morgan fingerprint density at radius 3 is 2.33 bits per heavy atom. The maximum Gasteiger partial charge on any atom is 0.228 e. The van der Waals surface area contributed by atoms with Crippen LogP contribution < -0.4 is 0 Å². The molecule has 3 nitrogen and oxygen atoms in total. The molecule has 0 atom stereocenters. The van der Waals surface area contributed by atoms with E-state index in [1.54, 1.807) is 6.07 Å². The first-order chi connectivity index (χ1) is 9.79. The van der Waals surface area contributed by atoms with Gasteiger partial charge >= 0.3 is 0 Å². The lowest BCUT2D eigenvalue weighted by Crippen LogP contribution is -2.51. The maximum atomic E-state index is 12.3. The summed E-state index contributed by atoms with van der Waals surface area (Å²) in [5.41, 5.74) is 0.734. The summed E-state index contributed by atoms with van der Waals surface area (Å²) < 4.78 is 0. The summed E-state index contributed by atoms with van der Waals surface area (Å²) in [5.74, 6) is 0.225. The van der Waals surface area contributed by atoms with Gasteiger partial charge in [0.2, 0.25) is 5.91 Å². The van der Waals surface area contributed by atoms with Crippen LogP contribution in [0.3, 0.4) is 0 Å². The van der Waals surface area contributed by atoms with E-state index in [4.69, 9.17) is 23.2 Å². The molecular weight excluding hydrogens is 307 g/mol. The van der Waals surface area contributed by atoms with Crippen molar-refractivity contribution in [1.82, 2.24) is 9.80 Å². The molecule has 1 amide bonds. The molecule has 0 bridgehead atoms. The lowest BCUT2D eigenvalue weighted by molar-refractivity contribution is -0.141. The van der Waals surface area contributed by atoms with Gasteiger partial charge in [0.05, 0.1) is 10.0 Å². The van der Waals surface area contributed by atoms with Gasteiger partial charge in [-0.3, -0.25) is 9.69 Å². The molecule has 5 heteroatoms. The van der Waals surface area contributed by atoms with Crippen LogP contribution in [0.4, 0.5) is 0 Å². The van der Waals surface area contributed by atoms with Gasteiger partial charge in [-0.2, -0.15) is 0 Å². The predicted molar refractivity (Wildman–Crippen MR) is 87.8 cm³/mol. The third-order valence-electron chi connectivity index (χ3n) is 3.73. The number of carbonyl (C=O) groups excluding carboxylic acids is 1. The number of nitrogens with zero attached hydrogens (tertiary/aromatic N) is 2. The molecule has 21 heavy (non-hydrogen) atoms. The number of carbonyl (C=O) groups is 1. The van der Waals surface area contributed by atoms with Gasteiger partial charge in [0, 0.05) is 38.1 Å². The molecule has 1 aromatic carbocycles. The fourth-order valence-electron chi connectivity index (χ4n) is 2.49. The molecule has 1 heterocycles. The minimum atomic E-state index is -0.307. The van der Waals surface area contributed by atoms with Crippen molar-refractivity contribution in [2.45, 2.75) is 27.3 Å². The molecular formula is C16H22Cl2N2O. The monoisotopic (exact) mass is 328 g/mol. The first kappa shape index (κ1) is 16.6. The van der Waals surface area contributed by atoms with Gasteiger partial charge in [-0.25, -0.2) is 0 Å². The predicted octanol–water partition coefficient (Wildman–Crippen LogP) is 3.68. The lowest BCUT2D eigenvalue weighted by atomic mass is 9.94.